The molecule has 0 aromatic carbocycles. The second-order valence-corrected chi connectivity index (χ2v) is 9.30. The molecule has 3 rings (SSSR count). The molecule has 0 aliphatic carbocycles. The van der Waals surface area contributed by atoms with E-state index in [1.54, 1.807) is 11.8 Å². The van der Waals surface area contributed by atoms with Gasteiger partial charge in [0.15, 0.2) is 5.60 Å². The Morgan fingerprint density at radius 2 is 1.88 bits per heavy atom. The summed E-state index contributed by atoms with van der Waals surface area (Å²) in [5.41, 5.74) is 2.08. The van der Waals surface area contributed by atoms with Crippen molar-refractivity contribution in [1.29, 1.82) is 0 Å². The Hall–Kier alpha value is -2.88. The van der Waals surface area contributed by atoms with Gasteiger partial charge in [-0.2, -0.15) is 17.5 Å². The molecule has 0 radical (unpaired) electrons. The molecule has 2 aromatic rings. The molecule has 3 N–H and O–H groups in total. The van der Waals surface area contributed by atoms with Gasteiger partial charge >= 0.3 is 6.18 Å². The highest BCUT2D eigenvalue weighted by molar-refractivity contribution is 7.89. The molecule has 1 aliphatic rings. The molecule has 0 spiro atoms. The van der Waals surface area contributed by atoms with Crippen molar-refractivity contribution in [2.45, 2.75) is 36.6 Å². The number of anilines is 2. The molecule has 2 aromatic heterocycles. The minimum atomic E-state index is -4.86. The first-order chi connectivity index (χ1) is 14.9. The van der Waals surface area contributed by atoms with Crippen LogP contribution >= 0.6 is 0 Å². The lowest BCUT2D eigenvalue weighted by Gasteiger charge is -2.39. The summed E-state index contributed by atoms with van der Waals surface area (Å²) in [6.45, 7) is 2.61. The average molecular weight is 469 g/mol. The minimum Gasteiger partial charge on any atom is -0.384 e. The highest BCUT2D eigenvalue weighted by atomic mass is 32.2. The fraction of sp³-hybridized carbons (Fsp3) is 0.400. The third-order valence-electron chi connectivity index (χ3n) is 5.21. The van der Waals surface area contributed by atoms with Crippen LogP contribution in [0.4, 0.5) is 24.8 Å². The second-order valence-electron chi connectivity index (χ2n) is 7.36. The van der Waals surface area contributed by atoms with Gasteiger partial charge in [-0.1, -0.05) is 12.0 Å². The molecule has 8 nitrogen and oxygen atoms in total. The Labute approximate surface area is 183 Å². The van der Waals surface area contributed by atoms with Crippen LogP contribution in [-0.2, 0) is 15.6 Å². The number of pyridine rings is 2. The third kappa shape index (κ3) is 4.50. The molecule has 1 aliphatic heterocycles. The van der Waals surface area contributed by atoms with Gasteiger partial charge in [0.2, 0.25) is 10.0 Å². The number of halogens is 3. The molecular weight excluding hydrogens is 447 g/mol. The van der Waals surface area contributed by atoms with Crippen LogP contribution in [0.25, 0.3) is 0 Å². The number of nitrogen functional groups attached to an aromatic ring is 1. The maximum Gasteiger partial charge on any atom is 0.421 e. The zero-order valence-corrected chi connectivity index (χ0v) is 18.2. The Morgan fingerprint density at radius 3 is 2.41 bits per heavy atom. The van der Waals surface area contributed by atoms with E-state index in [9.17, 15) is 26.7 Å². The summed E-state index contributed by atoms with van der Waals surface area (Å²) in [7, 11) is -3.84. The van der Waals surface area contributed by atoms with Gasteiger partial charge in [-0.05, 0) is 32.0 Å². The highest BCUT2D eigenvalue weighted by Gasteiger charge is 2.51. The zero-order valence-electron chi connectivity index (χ0n) is 17.3. The van der Waals surface area contributed by atoms with Gasteiger partial charge in [0.1, 0.15) is 22.6 Å². The largest absolute Gasteiger partial charge is 0.421 e. The summed E-state index contributed by atoms with van der Waals surface area (Å²) in [6.07, 6.45) is -2.71. The zero-order chi connectivity index (χ0) is 23.7. The van der Waals surface area contributed by atoms with Crippen LogP contribution in [0.15, 0.2) is 41.6 Å². The summed E-state index contributed by atoms with van der Waals surface area (Å²) in [5.74, 6) is 6.20. The summed E-state index contributed by atoms with van der Waals surface area (Å²) in [5, 5.41) is 9.82. The van der Waals surface area contributed by atoms with Crippen molar-refractivity contribution in [2.75, 3.05) is 30.3 Å². The van der Waals surface area contributed by atoms with Crippen LogP contribution in [-0.4, -0.2) is 59.6 Å². The van der Waals surface area contributed by atoms with Crippen molar-refractivity contribution in [1.82, 2.24) is 14.3 Å². The first kappa shape index (κ1) is 23.8. The van der Waals surface area contributed by atoms with E-state index in [0.29, 0.717) is 12.7 Å². The predicted molar refractivity (Wildman–Crippen MR) is 112 cm³/mol. The first-order valence-corrected chi connectivity index (χ1v) is 11.0. The molecule has 0 unspecified atom stereocenters. The van der Waals surface area contributed by atoms with E-state index < -0.39 is 33.4 Å². The lowest BCUT2D eigenvalue weighted by atomic mass is 9.97. The molecule has 0 saturated carbocycles. The maximum atomic E-state index is 13.1. The highest BCUT2D eigenvalue weighted by Crippen LogP contribution is 2.38. The van der Waals surface area contributed by atoms with Crippen LogP contribution in [0.3, 0.4) is 0 Å². The fourth-order valence-electron chi connectivity index (χ4n) is 3.24. The van der Waals surface area contributed by atoms with Crippen LogP contribution < -0.4 is 10.6 Å². The number of hydrogen-bond acceptors (Lipinski definition) is 7. The molecule has 1 fully saturated rings. The van der Waals surface area contributed by atoms with E-state index in [1.165, 1.54) is 28.7 Å². The van der Waals surface area contributed by atoms with Gasteiger partial charge in [-0.3, -0.25) is 0 Å². The number of piperazine rings is 1. The number of aliphatic hydroxyl groups is 1. The Bertz CT molecular complexity index is 1120. The Balaban J connectivity index is 1.84. The van der Waals surface area contributed by atoms with E-state index in [2.05, 4.69) is 21.8 Å². The van der Waals surface area contributed by atoms with Crippen molar-refractivity contribution >= 4 is 21.7 Å². The molecule has 2 atom stereocenters. The quantitative estimate of drug-likeness (QED) is 0.656. The fourth-order valence-corrected chi connectivity index (χ4v) is 4.63. The van der Waals surface area contributed by atoms with Gasteiger partial charge < -0.3 is 15.7 Å². The van der Waals surface area contributed by atoms with Gasteiger partial charge in [0.05, 0.1) is 0 Å². The molecule has 12 heteroatoms. The molecule has 172 valence electrons. The van der Waals surface area contributed by atoms with Crippen molar-refractivity contribution in [2.24, 2.45) is 0 Å². The summed E-state index contributed by atoms with van der Waals surface area (Å²) in [4.78, 5) is 9.62. The van der Waals surface area contributed by atoms with Gasteiger partial charge in [-0.15, -0.1) is 5.92 Å². The van der Waals surface area contributed by atoms with Crippen LogP contribution in [0.5, 0.6) is 0 Å². The van der Waals surface area contributed by atoms with E-state index in [4.69, 9.17) is 5.73 Å². The van der Waals surface area contributed by atoms with Crippen molar-refractivity contribution in [3.63, 3.8) is 0 Å². The maximum absolute atomic E-state index is 13.1. The number of alkyl halides is 3. The standard InChI is InChI=1S/C20H22F3N5O3S/c1-3-4-15-13-27(32(30,31)16-6-7-17(24)25-12-16)9-10-28(15)18-8-5-14(11-26-18)19(2,29)20(21,22)23/h5-8,11-12,15,29H,9-10,13H2,1-2H3,(H2,24,25)/t15-,19+/m0/s1. The second kappa shape index (κ2) is 8.57. The average Bonchev–Trinajstić information content (AvgIpc) is 2.73. The number of nitrogens with zero attached hydrogens (tertiary/aromatic N) is 4. The lowest BCUT2D eigenvalue weighted by molar-refractivity contribution is -0.259. The van der Waals surface area contributed by atoms with E-state index in [-0.39, 0.29) is 30.3 Å². The van der Waals surface area contributed by atoms with E-state index in [1.807, 2.05) is 0 Å². The summed E-state index contributed by atoms with van der Waals surface area (Å²) < 4.78 is 66.4. The Kier molecular flexibility index (Phi) is 6.37. The number of hydrogen-bond donors (Lipinski definition) is 2. The van der Waals surface area contributed by atoms with Crippen LogP contribution in [0.1, 0.15) is 19.4 Å². The Morgan fingerprint density at radius 1 is 1.16 bits per heavy atom. The van der Waals surface area contributed by atoms with E-state index in [0.717, 1.165) is 12.3 Å². The number of nitrogens with two attached hydrogens (primary N) is 1. The molecule has 3 heterocycles. The number of rotatable bonds is 4. The third-order valence-corrected chi connectivity index (χ3v) is 7.06. The SMILES string of the molecule is CC#C[C@H]1CN(S(=O)(=O)c2ccc(N)nc2)CCN1c1ccc([C@@](C)(O)C(F)(F)F)cn1. The molecule has 0 amide bonds. The molecule has 0 bridgehead atoms. The van der Waals surface area contributed by atoms with E-state index >= 15 is 0 Å². The van der Waals surface area contributed by atoms with Gasteiger partial charge in [0.25, 0.3) is 0 Å². The van der Waals surface area contributed by atoms with Crippen molar-refractivity contribution in [3.05, 3.63) is 42.2 Å². The van der Waals surface area contributed by atoms with Crippen LogP contribution in [0.2, 0.25) is 0 Å². The summed E-state index contributed by atoms with van der Waals surface area (Å²) >= 11 is 0. The number of aromatic nitrogens is 2. The lowest BCUT2D eigenvalue weighted by Crippen LogP contribution is -2.54. The van der Waals surface area contributed by atoms with Crippen LogP contribution in [0, 0.1) is 11.8 Å². The van der Waals surface area contributed by atoms with Crippen molar-refractivity contribution in [3.8, 4) is 11.8 Å². The molecule has 32 heavy (non-hydrogen) atoms. The normalized spacial score (nSPS) is 19.7. The number of sulfonamides is 1. The van der Waals surface area contributed by atoms with Crippen molar-refractivity contribution < 1.29 is 26.7 Å². The monoisotopic (exact) mass is 469 g/mol. The van der Waals surface area contributed by atoms with Gasteiger partial charge in [0, 0.05) is 37.6 Å². The molecule has 1 saturated heterocycles. The predicted octanol–water partition coefficient (Wildman–Crippen LogP) is 1.73. The first-order valence-electron chi connectivity index (χ1n) is 9.54. The molecular formula is C20H22F3N5O3S. The summed E-state index contributed by atoms with van der Waals surface area (Å²) in [6, 6.07) is 4.70. The topological polar surface area (TPSA) is 113 Å². The minimum absolute atomic E-state index is 0.000202. The van der Waals surface area contributed by atoms with Gasteiger partial charge in [-0.25, -0.2) is 18.4 Å². The smallest absolute Gasteiger partial charge is 0.384 e.